The molecule has 204 valence electrons. The van der Waals surface area contributed by atoms with Crippen molar-refractivity contribution in [3.63, 3.8) is 0 Å². The molecule has 2 aromatic rings. The number of nitrogens with two attached hydrogens (primary N) is 1. The molecule has 1 fully saturated rings. The number of nitrogens with zero attached hydrogens (tertiary/aromatic N) is 2. The zero-order valence-electron chi connectivity index (χ0n) is 21.3. The Morgan fingerprint density at radius 1 is 1.21 bits per heavy atom. The third-order valence-corrected chi connectivity index (χ3v) is 7.78. The molecule has 5 rings (SSSR count). The largest absolute Gasteiger partial charge is 0.508 e. The molecular weight excluding hydrogens is 510 g/mol. The number of furan rings is 1. The lowest BCUT2D eigenvalue weighted by Gasteiger charge is -2.50. The molecule has 0 aliphatic heterocycles. The highest BCUT2D eigenvalue weighted by Gasteiger charge is 2.64. The number of carbonyl (C=O) groups excluding carboxylic acids is 3. The molecule has 6 N–H and O–H groups in total. The third-order valence-electron chi connectivity index (χ3n) is 7.78. The number of amides is 1. The summed E-state index contributed by atoms with van der Waals surface area (Å²) in [6.07, 6.45) is 1.50. The maximum absolute atomic E-state index is 13.9. The Kier molecular flexibility index (Phi) is 6.11. The number of benzene rings is 1. The van der Waals surface area contributed by atoms with Gasteiger partial charge in [-0.15, -0.1) is 0 Å². The Balaban J connectivity index is 1.69. The van der Waals surface area contributed by atoms with Crippen LogP contribution in [0, 0.1) is 11.8 Å². The van der Waals surface area contributed by atoms with Crippen molar-refractivity contribution in [2.45, 2.75) is 24.5 Å². The summed E-state index contributed by atoms with van der Waals surface area (Å²) < 4.78 is 5.83. The fraction of sp³-hybridized carbons (Fsp3) is 0.333. The van der Waals surface area contributed by atoms with Crippen LogP contribution in [0.15, 0.2) is 50.7 Å². The number of rotatable bonds is 5. The number of hydrogen-bond donors (Lipinski definition) is 5. The van der Waals surface area contributed by atoms with Crippen molar-refractivity contribution >= 4 is 29.4 Å². The van der Waals surface area contributed by atoms with Gasteiger partial charge in [0.2, 0.25) is 5.78 Å². The average molecular weight is 538 g/mol. The number of likely N-dealkylation sites (N-methyl/N-ethyl adjacent to an activating group) is 1. The number of fused-ring (bicyclic) bond motifs is 3. The molecule has 4 atom stereocenters. The molecule has 0 radical (unpaired) electrons. The van der Waals surface area contributed by atoms with Crippen LogP contribution >= 0.6 is 0 Å². The molecule has 3 aliphatic rings. The molecule has 0 bridgehead atoms. The molecule has 1 aromatic carbocycles. The minimum atomic E-state index is -2.69. The maximum Gasteiger partial charge on any atom is 0.255 e. The van der Waals surface area contributed by atoms with Crippen LogP contribution < -0.4 is 5.73 Å². The number of phenols is 1. The van der Waals surface area contributed by atoms with Gasteiger partial charge >= 0.3 is 0 Å². The monoisotopic (exact) mass is 537 g/mol. The van der Waals surface area contributed by atoms with E-state index in [-0.39, 0.29) is 29.7 Å². The maximum atomic E-state index is 13.9. The molecule has 1 unspecified atom stereocenters. The van der Waals surface area contributed by atoms with Crippen LogP contribution in [0.1, 0.15) is 23.3 Å². The van der Waals surface area contributed by atoms with E-state index in [1.165, 1.54) is 24.3 Å². The Morgan fingerprint density at radius 2 is 1.92 bits per heavy atom. The summed E-state index contributed by atoms with van der Waals surface area (Å²) in [7, 11) is 4.48. The van der Waals surface area contributed by atoms with Crippen LogP contribution in [0.5, 0.6) is 5.75 Å². The van der Waals surface area contributed by atoms with Crippen molar-refractivity contribution in [1.29, 1.82) is 0 Å². The molecule has 12 nitrogen and oxygen atoms in total. The Hall–Kier alpha value is -4.42. The Labute approximate surface area is 222 Å². The average Bonchev–Trinajstić information content (AvgIpc) is 3.33. The first-order chi connectivity index (χ1) is 18.4. The number of phenolic OH excluding ortho intramolecular Hbond substituents is 1. The van der Waals surface area contributed by atoms with Crippen LogP contribution in [0.25, 0.3) is 17.1 Å². The van der Waals surface area contributed by atoms with E-state index >= 15 is 0 Å². The first-order valence-electron chi connectivity index (χ1n) is 12.1. The standard InChI is InChI=1S/C27H27N3O9/c1-30(2)21-15-9-11-8-14-13(17-7-4-12(39-17)10-29-38-3)5-6-16(31)19(14)22(32)18(11)24(34)27(15,37)25(35)20(23(21)33)26(28)36/h4-7,10-11,15,21,31-32,35,37H,8-9H2,1-3H3,(H2,28,36)/b29-10+/t11-,15-,21?,27+/m0/s1. The van der Waals surface area contributed by atoms with Crippen LogP contribution in [0.2, 0.25) is 0 Å². The molecule has 12 heteroatoms. The van der Waals surface area contributed by atoms with E-state index in [9.17, 15) is 34.8 Å². The topological polar surface area (TPSA) is 196 Å². The number of primary amides is 1. The molecule has 3 aliphatic carbocycles. The minimum Gasteiger partial charge on any atom is -0.508 e. The molecule has 1 aromatic heterocycles. The van der Waals surface area contributed by atoms with E-state index in [2.05, 4.69) is 9.99 Å². The summed E-state index contributed by atoms with van der Waals surface area (Å²) in [5.41, 5.74) is 2.59. The molecule has 1 heterocycles. The molecule has 1 amide bonds. The molecule has 39 heavy (non-hydrogen) atoms. The van der Waals surface area contributed by atoms with E-state index in [1.54, 1.807) is 32.3 Å². The van der Waals surface area contributed by atoms with Gasteiger partial charge in [-0.3, -0.25) is 19.3 Å². The second-order valence-corrected chi connectivity index (χ2v) is 10.1. The normalized spacial score (nSPS) is 26.6. The van der Waals surface area contributed by atoms with Gasteiger partial charge in [0.15, 0.2) is 11.4 Å². The lowest BCUT2D eigenvalue weighted by Crippen LogP contribution is -2.65. The number of Topliss-reactive ketones (excluding diaryl/α,β-unsaturated/α-hetero) is 2. The first kappa shape index (κ1) is 26.2. The van der Waals surface area contributed by atoms with Gasteiger partial charge < -0.3 is 35.4 Å². The highest BCUT2D eigenvalue weighted by atomic mass is 16.6. The quantitative estimate of drug-likeness (QED) is 0.210. The molecular formula is C27H27N3O9. The zero-order valence-corrected chi connectivity index (χ0v) is 21.3. The number of aliphatic hydroxyl groups excluding tert-OH is 2. The highest BCUT2D eigenvalue weighted by Crippen LogP contribution is 2.53. The number of aliphatic hydroxyl groups is 3. The predicted molar refractivity (Wildman–Crippen MR) is 137 cm³/mol. The minimum absolute atomic E-state index is 0.00917. The van der Waals surface area contributed by atoms with E-state index in [0.29, 0.717) is 22.6 Å². The van der Waals surface area contributed by atoms with E-state index in [1.807, 2.05) is 0 Å². The number of carbonyl (C=O) groups is 3. The summed E-state index contributed by atoms with van der Waals surface area (Å²) >= 11 is 0. The van der Waals surface area contributed by atoms with Gasteiger partial charge in [-0.25, -0.2) is 0 Å². The van der Waals surface area contributed by atoms with Gasteiger partial charge in [-0.2, -0.15) is 0 Å². The number of aromatic hydroxyl groups is 1. The van der Waals surface area contributed by atoms with Gasteiger partial charge in [0.25, 0.3) is 5.91 Å². The second-order valence-electron chi connectivity index (χ2n) is 10.1. The van der Waals surface area contributed by atoms with Crippen LogP contribution in [0.4, 0.5) is 0 Å². The number of hydrogen-bond acceptors (Lipinski definition) is 11. The lowest BCUT2D eigenvalue weighted by molar-refractivity contribution is -0.153. The number of oxime groups is 1. The van der Waals surface area contributed by atoms with Gasteiger partial charge in [-0.1, -0.05) is 5.16 Å². The summed E-state index contributed by atoms with van der Waals surface area (Å²) in [6, 6.07) is 5.14. The van der Waals surface area contributed by atoms with Gasteiger partial charge in [0.1, 0.15) is 47.7 Å². The predicted octanol–water partition coefficient (Wildman–Crippen LogP) is 1.20. The summed E-state index contributed by atoms with van der Waals surface area (Å²) in [5, 5.41) is 48.3. The number of ketones is 2. The second kappa shape index (κ2) is 9.10. The summed E-state index contributed by atoms with van der Waals surface area (Å²) in [6.45, 7) is 0. The van der Waals surface area contributed by atoms with Crippen LogP contribution in [-0.4, -0.2) is 81.9 Å². The fourth-order valence-electron chi connectivity index (χ4n) is 6.15. The molecule has 1 saturated carbocycles. The highest BCUT2D eigenvalue weighted by molar-refractivity contribution is 6.24. The van der Waals surface area contributed by atoms with Gasteiger partial charge in [-0.05, 0) is 62.7 Å². The first-order valence-corrected chi connectivity index (χ1v) is 12.1. The summed E-state index contributed by atoms with van der Waals surface area (Å²) in [5.74, 6) is -6.22. The fourth-order valence-corrected chi connectivity index (χ4v) is 6.15. The van der Waals surface area contributed by atoms with Crippen molar-refractivity contribution in [3.8, 4) is 17.1 Å². The summed E-state index contributed by atoms with van der Waals surface area (Å²) in [4.78, 5) is 45.3. The van der Waals surface area contributed by atoms with E-state index in [0.717, 1.165) is 0 Å². The third kappa shape index (κ3) is 3.67. The molecule has 0 spiro atoms. The van der Waals surface area contributed by atoms with Crippen molar-refractivity contribution in [1.82, 2.24) is 4.90 Å². The zero-order chi connectivity index (χ0) is 28.4. The van der Waals surface area contributed by atoms with Crippen LogP contribution in [-0.2, 0) is 25.6 Å². The van der Waals surface area contributed by atoms with Crippen LogP contribution in [0.3, 0.4) is 0 Å². The lowest BCUT2D eigenvalue weighted by atomic mass is 9.57. The van der Waals surface area contributed by atoms with Crippen molar-refractivity contribution in [2.75, 3.05) is 21.2 Å². The SMILES string of the molecule is CO/N=C/c1ccc(-c2ccc(O)c3c2C[C@H]2C[C@H]4C(N(C)C)C(=O)C(C(N)=O)=C(O)[C@]4(O)C(=O)C2=C3O)o1. The Bertz CT molecular complexity index is 1520. The van der Waals surface area contributed by atoms with Crippen molar-refractivity contribution < 1.29 is 44.1 Å². The Morgan fingerprint density at radius 3 is 2.56 bits per heavy atom. The van der Waals surface area contributed by atoms with Gasteiger partial charge in [0, 0.05) is 17.1 Å². The van der Waals surface area contributed by atoms with Crippen molar-refractivity contribution in [3.05, 3.63) is 58.1 Å². The van der Waals surface area contributed by atoms with Crippen molar-refractivity contribution in [2.24, 2.45) is 22.7 Å². The van der Waals surface area contributed by atoms with Gasteiger partial charge in [0.05, 0.1) is 11.6 Å². The van der Waals surface area contributed by atoms with E-state index < -0.39 is 58.0 Å². The van der Waals surface area contributed by atoms with E-state index in [4.69, 9.17) is 10.2 Å². The molecule has 0 saturated heterocycles. The smallest absolute Gasteiger partial charge is 0.255 e.